The third-order valence-corrected chi connectivity index (χ3v) is 7.11. The molecule has 2 atom stereocenters. The van der Waals surface area contributed by atoms with Crippen molar-refractivity contribution in [2.24, 2.45) is 5.92 Å². The van der Waals surface area contributed by atoms with E-state index in [1.807, 2.05) is 0 Å². The highest BCUT2D eigenvalue weighted by molar-refractivity contribution is 6.84. The summed E-state index contributed by atoms with van der Waals surface area (Å²) in [5.74, 6) is -0.622. The first-order valence-corrected chi connectivity index (χ1v) is 12.0. The Balaban J connectivity index is 2.54. The molecule has 1 fully saturated rings. The molecule has 2 aliphatic rings. The molecule has 0 aromatic rings. The van der Waals surface area contributed by atoms with E-state index in [2.05, 4.69) is 26.6 Å². The van der Waals surface area contributed by atoms with Crippen LogP contribution in [0.5, 0.6) is 0 Å². The minimum absolute atomic E-state index is 0.0185. The van der Waals surface area contributed by atoms with Crippen molar-refractivity contribution in [3.05, 3.63) is 22.3 Å². The van der Waals surface area contributed by atoms with Crippen LogP contribution in [0.15, 0.2) is 22.3 Å². The van der Waals surface area contributed by atoms with Crippen molar-refractivity contribution < 1.29 is 23.8 Å². The molecule has 2 rings (SSSR count). The van der Waals surface area contributed by atoms with Crippen molar-refractivity contribution in [2.75, 3.05) is 20.8 Å². The van der Waals surface area contributed by atoms with Crippen LogP contribution in [-0.2, 0) is 23.8 Å². The van der Waals surface area contributed by atoms with Crippen molar-refractivity contribution >= 4 is 19.6 Å². The minimum Gasteiger partial charge on any atom is -0.489 e. The van der Waals surface area contributed by atoms with Gasteiger partial charge in [0, 0.05) is 12.5 Å². The lowest BCUT2D eigenvalue weighted by Gasteiger charge is -2.35. The first-order chi connectivity index (χ1) is 11.2. The molecule has 1 aliphatic heterocycles. The normalized spacial score (nSPS) is 23.6. The highest BCUT2D eigenvalue weighted by atomic mass is 28.3. The van der Waals surface area contributed by atoms with Crippen molar-refractivity contribution in [1.29, 1.82) is 0 Å². The number of hydrogen-bond donors (Lipinski definition) is 0. The van der Waals surface area contributed by atoms with E-state index < -0.39 is 8.07 Å². The maximum atomic E-state index is 12.8. The molecule has 1 heterocycles. The summed E-state index contributed by atoms with van der Waals surface area (Å²) in [4.78, 5) is 25.7. The number of carbonyl (C=O) groups is 2. The fraction of sp³-hybridized carbons (Fsp3) is 0.667. The zero-order valence-electron chi connectivity index (χ0n) is 15.5. The van der Waals surface area contributed by atoms with Gasteiger partial charge in [0.25, 0.3) is 0 Å². The molecule has 1 saturated heterocycles. The second kappa shape index (κ2) is 7.23. The standard InChI is InChI=1S/C18H28O5Si/c1-11(12-9-7-8-10-23-12)18(24(4,5)6)13-14(19)16(21-2)17(22-3)15(13)20/h11-12H,7-10H2,1-6H3. The SMILES string of the molecule is COC1=C(OC)C(=O)C(=C(C(C)C2CCCCO2)[Si](C)(C)C)C1=O. The number of ether oxygens (including phenoxy) is 3. The van der Waals surface area contributed by atoms with E-state index in [-0.39, 0.29) is 40.7 Å². The Morgan fingerprint density at radius 3 is 2.00 bits per heavy atom. The molecule has 0 saturated carbocycles. The summed E-state index contributed by atoms with van der Waals surface area (Å²) in [5.41, 5.74) is 0.254. The summed E-state index contributed by atoms with van der Waals surface area (Å²) >= 11 is 0. The zero-order chi connectivity index (χ0) is 18.1. The molecule has 0 aromatic heterocycles. The molecule has 1 aliphatic carbocycles. The molecular weight excluding hydrogens is 324 g/mol. The third-order valence-electron chi connectivity index (χ3n) is 4.79. The largest absolute Gasteiger partial charge is 0.489 e. The number of allylic oxidation sites excluding steroid dienone is 2. The van der Waals surface area contributed by atoms with Crippen molar-refractivity contribution in [1.82, 2.24) is 0 Å². The summed E-state index contributed by atoms with van der Waals surface area (Å²) in [6.45, 7) is 9.30. The molecule has 24 heavy (non-hydrogen) atoms. The molecule has 0 aromatic carbocycles. The fourth-order valence-corrected chi connectivity index (χ4v) is 6.31. The lowest BCUT2D eigenvalue weighted by Crippen LogP contribution is -2.39. The van der Waals surface area contributed by atoms with Gasteiger partial charge in [-0.1, -0.05) is 31.8 Å². The number of carbonyl (C=O) groups excluding carboxylic acids is 2. The summed E-state index contributed by atoms with van der Waals surface area (Å²) in [5, 5.41) is 0.964. The van der Waals surface area contributed by atoms with Gasteiger partial charge in [-0.2, -0.15) is 0 Å². The Bertz CT molecular complexity index is 563. The molecule has 134 valence electrons. The van der Waals surface area contributed by atoms with E-state index in [0.29, 0.717) is 0 Å². The quantitative estimate of drug-likeness (QED) is 0.432. The van der Waals surface area contributed by atoms with Crippen LogP contribution in [0.1, 0.15) is 26.2 Å². The molecule has 0 radical (unpaired) electrons. The second-order valence-corrected chi connectivity index (χ2v) is 12.5. The summed E-state index contributed by atoms with van der Waals surface area (Å²) < 4.78 is 16.2. The number of rotatable bonds is 5. The maximum Gasteiger partial charge on any atom is 0.235 e. The van der Waals surface area contributed by atoms with E-state index in [1.54, 1.807) is 0 Å². The Labute approximate surface area is 145 Å². The van der Waals surface area contributed by atoms with Gasteiger partial charge >= 0.3 is 0 Å². The summed E-state index contributed by atoms with van der Waals surface area (Å²) in [6, 6.07) is 0. The van der Waals surface area contributed by atoms with Crippen LogP contribution < -0.4 is 0 Å². The van der Waals surface area contributed by atoms with Crippen LogP contribution in [-0.4, -0.2) is 46.6 Å². The highest BCUT2D eigenvalue weighted by Gasteiger charge is 2.45. The highest BCUT2D eigenvalue weighted by Crippen LogP contribution is 2.38. The fourth-order valence-electron chi connectivity index (χ4n) is 3.78. The van der Waals surface area contributed by atoms with E-state index in [0.717, 1.165) is 31.1 Å². The van der Waals surface area contributed by atoms with E-state index >= 15 is 0 Å². The van der Waals surface area contributed by atoms with Gasteiger partial charge < -0.3 is 14.2 Å². The maximum absolute atomic E-state index is 12.8. The lowest BCUT2D eigenvalue weighted by atomic mass is 9.93. The van der Waals surface area contributed by atoms with E-state index in [1.165, 1.54) is 14.2 Å². The number of hydrogen-bond acceptors (Lipinski definition) is 5. The summed E-state index contributed by atoms with van der Waals surface area (Å²) in [7, 11) is 0.840. The lowest BCUT2D eigenvalue weighted by molar-refractivity contribution is -0.117. The monoisotopic (exact) mass is 352 g/mol. The average Bonchev–Trinajstić information content (AvgIpc) is 2.78. The van der Waals surface area contributed by atoms with Gasteiger partial charge in [0.15, 0.2) is 0 Å². The summed E-state index contributed by atoms with van der Waals surface area (Å²) in [6.07, 6.45) is 3.22. The average molecular weight is 353 g/mol. The smallest absolute Gasteiger partial charge is 0.235 e. The molecule has 0 N–H and O–H groups in total. The van der Waals surface area contributed by atoms with Gasteiger partial charge in [0.2, 0.25) is 23.1 Å². The number of methoxy groups -OCH3 is 2. The van der Waals surface area contributed by atoms with Gasteiger partial charge in [0.05, 0.1) is 34.0 Å². The second-order valence-electron chi connectivity index (χ2n) is 7.46. The van der Waals surface area contributed by atoms with E-state index in [4.69, 9.17) is 14.2 Å². The molecule has 5 nitrogen and oxygen atoms in total. The Morgan fingerprint density at radius 1 is 1.08 bits per heavy atom. The topological polar surface area (TPSA) is 61.8 Å². The van der Waals surface area contributed by atoms with Crippen molar-refractivity contribution in [3.8, 4) is 0 Å². The van der Waals surface area contributed by atoms with Gasteiger partial charge in [-0.25, -0.2) is 0 Å². The van der Waals surface area contributed by atoms with Crippen LogP contribution in [0, 0.1) is 5.92 Å². The molecule has 6 heteroatoms. The molecule has 2 unspecified atom stereocenters. The molecular formula is C18H28O5Si. The predicted octanol–water partition coefficient (Wildman–Crippen LogP) is 3.02. The number of ketones is 2. The van der Waals surface area contributed by atoms with Crippen LogP contribution in [0.25, 0.3) is 0 Å². The number of Topliss-reactive ketones (excluding diaryl/α,β-unsaturated/α-hetero) is 2. The molecule has 0 amide bonds. The minimum atomic E-state index is -1.95. The van der Waals surface area contributed by atoms with Crippen LogP contribution >= 0.6 is 0 Å². The predicted molar refractivity (Wildman–Crippen MR) is 94.2 cm³/mol. The first-order valence-electron chi connectivity index (χ1n) is 8.51. The Kier molecular flexibility index (Phi) is 5.70. The molecule has 0 bridgehead atoms. The Morgan fingerprint density at radius 2 is 1.62 bits per heavy atom. The first kappa shape index (κ1) is 18.9. The van der Waals surface area contributed by atoms with Crippen LogP contribution in [0.4, 0.5) is 0 Å². The van der Waals surface area contributed by atoms with Gasteiger partial charge in [-0.05, 0) is 19.3 Å². The van der Waals surface area contributed by atoms with Crippen LogP contribution in [0.2, 0.25) is 19.6 Å². The van der Waals surface area contributed by atoms with Crippen molar-refractivity contribution in [3.63, 3.8) is 0 Å². The van der Waals surface area contributed by atoms with Gasteiger partial charge in [-0.3, -0.25) is 9.59 Å². The van der Waals surface area contributed by atoms with Gasteiger partial charge in [-0.15, -0.1) is 0 Å². The van der Waals surface area contributed by atoms with Crippen molar-refractivity contribution in [2.45, 2.75) is 51.9 Å². The molecule has 0 spiro atoms. The van der Waals surface area contributed by atoms with E-state index in [9.17, 15) is 9.59 Å². The zero-order valence-corrected chi connectivity index (χ0v) is 16.5. The third kappa shape index (κ3) is 3.35. The van der Waals surface area contributed by atoms with Crippen LogP contribution in [0.3, 0.4) is 0 Å². The Hall–Kier alpha value is -1.40. The van der Waals surface area contributed by atoms with Gasteiger partial charge in [0.1, 0.15) is 0 Å².